The van der Waals surface area contributed by atoms with Crippen molar-refractivity contribution in [3.8, 4) is 0 Å². The van der Waals surface area contributed by atoms with Crippen molar-refractivity contribution in [3.05, 3.63) is 41.9 Å². The maximum Gasteiger partial charge on any atom is 0.281 e. The van der Waals surface area contributed by atoms with Crippen molar-refractivity contribution < 1.29 is 8.42 Å². The fourth-order valence-corrected chi connectivity index (χ4v) is 4.15. The molecule has 1 unspecified atom stereocenters. The van der Waals surface area contributed by atoms with Crippen LogP contribution in [0.2, 0.25) is 0 Å². The number of H-pyrrole nitrogens is 1. The number of rotatable bonds is 2. The molecule has 0 fully saturated rings. The zero-order valence-electron chi connectivity index (χ0n) is 11.8. The van der Waals surface area contributed by atoms with Crippen molar-refractivity contribution in [2.45, 2.75) is 30.8 Å². The number of fused-ring (bicyclic) bond motifs is 1. The number of aromatic nitrogens is 2. The highest BCUT2D eigenvalue weighted by molar-refractivity contribution is 7.92. The Kier molecular flexibility index (Phi) is 3.46. The molecule has 0 spiro atoms. The van der Waals surface area contributed by atoms with Crippen molar-refractivity contribution >= 4 is 15.7 Å². The van der Waals surface area contributed by atoms with Crippen molar-refractivity contribution in [1.82, 2.24) is 9.97 Å². The fraction of sp³-hybridized carbons (Fsp3) is 0.357. The molecule has 7 heteroatoms. The topological polar surface area (TPSA) is 92.1 Å². The standard InChI is InChI=1S/C14H18N4O2S/c1-10-16-9-14(17-10)21(19,20)18-8-4-6-12(15)11-5-2-3-7-13(11)18/h2-3,5,7,9,12H,4,6,8,15H2,1H3,(H,16,17). The van der Waals surface area contributed by atoms with E-state index >= 15 is 0 Å². The third-order valence-electron chi connectivity index (χ3n) is 3.73. The van der Waals surface area contributed by atoms with E-state index in [1.54, 1.807) is 13.0 Å². The summed E-state index contributed by atoms with van der Waals surface area (Å²) in [7, 11) is -3.64. The number of imidazole rings is 1. The number of benzene rings is 1. The van der Waals surface area contributed by atoms with Crippen molar-refractivity contribution in [2.75, 3.05) is 10.8 Å². The largest absolute Gasteiger partial charge is 0.332 e. The van der Waals surface area contributed by atoms with Crippen LogP contribution in [0, 0.1) is 6.92 Å². The van der Waals surface area contributed by atoms with Gasteiger partial charge in [-0.2, -0.15) is 8.42 Å². The normalized spacial score (nSPS) is 19.1. The Labute approximate surface area is 124 Å². The molecule has 1 aliphatic rings. The van der Waals surface area contributed by atoms with E-state index in [-0.39, 0.29) is 11.1 Å². The van der Waals surface area contributed by atoms with Crippen LogP contribution in [0.15, 0.2) is 35.5 Å². The van der Waals surface area contributed by atoms with E-state index in [2.05, 4.69) is 9.97 Å². The fourth-order valence-electron chi connectivity index (χ4n) is 2.66. The predicted molar refractivity (Wildman–Crippen MR) is 80.5 cm³/mol. The van der Waals surface area contributed by atoms with Crippen LogP contribution < -0.4 is 10.0 Å². The summed E-state index contributed by atoms with van der Waals surface area (Å²) in [4.78, 5) is 6.79. The molecule has 2 aromatic rings. The smallest absolute Gasteiger partial charge is 0.281 e. The first-order valence-corrected chi connectivity index (χ1v) is 8.33. The molecule has 21 heavy (non-hydrogen) atoms. The molecule has 0 aliphatic carbocycles. The molecule has 0 amide bonds. The van der Waals surface area contributed by atoms with Gasteiger partial charge in [0.15, 0.2) is 5.03 Å². The van der Waals surface area contributed by atoms with Crippen LogP contribution in [0.3, 0.4) is 0 Å². The number of anilines is 1. The predicted octanol–water partition coefficient (Wildman–Crippen LogP) is 1.71. The minimum absolute atomic E-state index is 0.116. The van der Waals surface area contributed by atoms with E-state index in [1.165, 1.54) is 10.5 Å². The number of nitrogens with one attached hydrogen (secondary N) is 1. The van der Waals surface area contributed by atoms with E-state index in [0.29, 0.717) is 18.1 Å². The number of aromatic amines is 1. The molecule has 1 atom stereocenters. The van der Waals surface area contributed by atoms with Gasteiger partial charge < -0.3 is 10.7 Å². The molecule has 0 bridgehead atoms. The molecule has 3 N–H and O–H groups in total. The van der Waals surface area contributed by atoms with Crippen LogP contribution in [-0.2, 0) is 10.0 Å². The highest BCUT2D eigenvalue weighted by Gasteiger charge is 2.31. The number of nitrogens with two attached hydrogens (primary N) is 1. The lowest BCUT2D eigenvalue weighted by atomic mass is 10.0. The van der Waals surface area contributed by atoms with Crippen LogP contribution >= 0.6 is 0 Å². The summed E-state index contributed by atoms with van der Waals surface area (Å²) >= 11 is 0. The average Bonchev–Trinajstić information content (AvgIpc) is 2.83. The Balaban J connectivity index is 2.12. The van der Waals surface area contributed by atoms with Gasteiger partial charge in [-0.05, 0) is 31.4 Å². The van der Waals surface area contributed by atoms with E-state index in [4.69, 9.17) is 5.73 Å². The molecule has 0 saturated carbocycles. The molecular weight excluding hydrogens is 288 g/mol. The van der Waals surface area contributed by atoms with E-state index in [9.17, 15) is 8.42 Å². The number of hydrogen-bond acceptors (Lipinski definition) is 4. The molecule has 1 aromatic heterocycles. The van der Waals surface area contributed by atoms with E-state index in [1.807, 2.05) is 18.2 Å². The van der Waals surface area contributed by atoms with Gasteiger partial charge in [0.25, 0.3) is 10.0 Å². The van der Waals surface area contributed by atoms with Crippen LogP contribution in [0.1, 0.15) is 30.3 Å². The lowest BCUT2D eigenvalue weighted by Crippen LogP contribution is -2.32. The summed E-state index contributed by atoms with van der Waals surface area (Å²) in [6.07, 6.45) is 2.85. The van der Waals surface area contributed by atoms with E-state index in [0.717, 1.165) is 18.4 Å². The molecule has 2 heterocycles. The highest BCUT2D eigenvalue weighted by Crippen LogP contribution is 2.34. The Morgan fingerprint density at radius 1 is 1.38 bits per heavy atom. The lowest BCUT2D eigenvalue weighted by molar-refractivity contribution is 0.583. The first kappa shape index (κ1) is 14.1. The second kappa shape index (κ2) is 5.16. The van der Waals surface area contributed by atoms with Crippen LogP contribution in [-0.4, -0.2) is 24.9 Å². The SMILES string of the molecule is Cc1ncc(S(=O)(=O)N2CCCC(N)c3ccccc32)[nH]1. The zero-order valence-corrected chi connectivity index (χ0v) is 12.6. The Bertz CT molecular complexity index is 754. The first-order chi connectivity index (χ1) is 10.00. The van der Waals surface area contributed by atoms with Crippen molar-refractivity contribution in [2.24, 2.45) is 5.73 Å². The summed E-state index contributed by atoms with van der Waals surface area (Å²) in [6.45, 7) is 2.15. The molecule has 3 rings (SSSR count). The van der Waals surface area contributed by atoms with E-state index < -0.39 is 10.0 Å². The second-order valence-corrected chi connectivity index (χ2v) is 7.05. The minimum Gasteiger partial charge on any atom is -0.332 e. The molecule has 0 radical (unpaired) electrons. The molecule has 6 nitrogen and oxygen atoms in total. The second-order valence-electron chi connectivity index (χ2n) is 5.22. The summed E-state index contributed by atoms with van der Waals surface area (Å²) < 4.78 is 27.1. The monoisotopic (exact) mass is 306 g/mol. The highest BCUT2D eigenvalue weighted by atomic mass is 32.2. The van der Waals surface area contributed by atoms with Gasteiger partial charge in [0.1, 0.15) is 5.82 Å². The molecule has 0 saturated heterocycles. The maximum atomic E-state index is 12.8. The van der Waals surface area contributed by atoms with Crippen LogP contribution in [0.5, 0.6) is 0 Å². The molecule has 1 aliphatic heterocycles. The lowest BCUT2D eigenvalue weighted by Gasteiger charge is -2.24. The van der Waals surface area contributed by atoms with Gasteiger partial charge in [0.05, 0.1) is 11.9 Å². The minimum atomic E-state index is -3.64. The number of sulfonamides is 1. The van der Waals surface area contributed by atoms with Gasteiger partial charge in [-0.1, -0.05) is 18.2 Å². The van der Waals surface area contributed by atoms with Gasteiger partial charge >= 0.3 is 0 Å². The van der Waals surface area contributed by atoms with Gasteiger partial charge in [0.2, 0.25) is 0 Å². The Morgan fingerprint density at radius 2 is 2.14 bits per heavy atom. The number of hydrogen-bond donors (Lipinski definition) is 2. The third kappa shape index (κ3) is 2.43. The zero-order chi connectivity index (χ0) is 15.0. The Morgan fingerprint density at radius 3 is 2.86 bits per heavy atom. The Hall–Kier alpha value is -1.86. The van der Waals surface area contributed by atoms with Gasteiger partial charge in [-0.15, -0.1) is 0 Å². The summed E-state index contributed by atoms with van der Waals surface area (Å²) in [6, 6.07) is 7.28. The van der Waals surface area contributed by atoms with Crippen molar-refractivity contribution in [1.29, 1.82) is 0 Å². The maximum absolute atomic E-state index is 12.8. The number of nitrogens with zero attached hydrogens (tertiary/aromatic N) is 2. The summed E-state index contributed by atoms with van der Waals surface area (Å²) in [5.41, 5.74) is 7.69. The molecule has 1 aromatic carbocycles. The number of para-hydroxylation sites is 1. The molecular formula is C14H18N4O2S. The number of aryl methyl sites for hydroxylation is 1. The van der Waals surface area contributed by atoms with Gasteiger partial charge in [0, 0.05) is 12.6 Å². The third-order valence-corrected chi connectivity index (χ3v) is 5.45. The first-order valence-electron chi connectivity index (χ1n) is 6.89. The summed E-state index contributed by atoms with van der Waals surface area (Å²) in [5, 5.41) is 0.116. The van der Waals surface area contributed by atoms with Crippen LogP contribution in [0.4, 0.5) is 5.69 Å². The van der Waals surface area contributed by atoms with Gasteiger partial charge in [-0.25, -0.2) is 4.98 Å². The van der Waals surface area contributed by atoms with Gasteiger partial charge in [-0.3, -0.25) is 4.31 Å². The summed E-state index contributed by atoms with van der Waals surface area (Å²) in [5.74, 6) is 0.577. The van der Waals surface area contributed by atoms with Crippen molar-refractivity contribution in [3.63, 3.8) is 0 Å². The average molecular weight is 306 g/mol. The molecule has 112 valence electrons. The van der Waals surface area contributed by atoms with Crippen LogP contribution in [0.25, 0.3) is 0 Å². The quantitative estimate of drug-likeness (QED) is 0.883.